The van der Waals surface area contributed by atoms with E-state index in [9.17, 15) is 0 Å². The molecule has 4 heteroatoms. The Kier molecular flexibility index (Phi) is 4.80. The van der Waals surface area contributed by atoms with Gasteiger partial charge in [0.2, 0.25) is 0 Å². The number of nitrogens with two attached hydrogens (primary N) is 1. The van der Waals surface area contributed by atoms with E-state index in [2.05, 4.69) is 12.1 Å². The van der Waals surface area contributed by atoms with Crippen molar-refractivity contribution in [1.29, 1.82) is 0 Å². The summed E-state index contributed by atoms with van der Waals surface area (Å²) >= 11 is 0. The molecule has 2 rings (SSSR count). The lowest BCUT2D eigenvalue weighted by atomic mass is 9.89. The zero-order valence-electron chi connectivity index (χ0n) is 11.4. The van der Waals surface area contributed by atoms with Gasteiger partial charge in [-0.2, -0.15) is 0 Å². The Hall–Kier alpha value is -1.55. The van der Waals surface area contributed by atoms with Crippen LogP contribution in [-0.4, -0.2) is 17.1 Å². The second kappa shape index (κ2) is 6.57. The zero-order chi connectivity index (χ0) is 13.7. The summed E-state index contributed by atoms with van der Waals surface area (Å²) in [6, 6.07) is 7.60. The average Bonchev–Trinajstić information content (AvgIpc) is 2.46. The molecule has 0 spiro atoms. The van der Waals surface area contributed by atoms with Crippen LogP contribution in [0.3, 0.4) is 0 Å². The van der Waals surface area contributed by atoms with Gasteiger partial charge in [0, 0.05) is 5.56 Å². The fourth-order valence-corrected chi connectivity index (χ4v) is 2.44. The molecule has 19 heavy (non-hydrogen) atoms. The summed E-state index contributed by atoms with van der Waals surface area (Å²) in [6.45, 7) is 2.94. The van der Waals surface area contributed by atoms with E-state index in [0.717, 1.165) is 17.0 Å². The first kappa shape index (κ1) is 13.9. The lowest BCUT2D eigenvalue weighted by Crippen LogP contribution is -2.20. The number of hydrogen-bond donors (Lipinski definition) is 2. The van der Waals surface area contributed by atoms with Crippen LogP contribution in [0.1, 0.15) is 43.7 Å². The van der Waals surface area contributed by atoms with Crippen molar-refractivity contribution in [3.05, 3.63) is 35.4 Å². The van der Waals surface area contributed by atoms with Crippen LogP contribution in [0.5, 0.6) is 0 Å². The second-order valence-electron chi connectivity index (χ2n) is 5.38. The highest BCUT2D eigenvalue weighted by molar-refractivity contribution is 5.96. The summed E-state index contributed by atoms with van der Waals surface area (Å²) in [5.74, 6) is 0.980. The molecule has 4 nitrogen and oxygen atoms in total. The Labute approximate surface area is 114 Å². The number of benzene rings is 1. The minimum atomic E-state index is 0.133. The first-order valence-corrected chi connectivity index (χ1v) is 6.87. The number of nitrogens with zero attached hydrogens (tertiary/aromatic N) is 1. The molecule has 1 aliphatic carbocycles. The van der Waals surface area contributed by atoms with Crippen molar-refractivity contribution in [2.75, 3.05) is 0 Å². The largest absolute Gasteiger partial charge is 0.409 e. The van der Waals surface area contributed by atoms with Crippen molar-refractivity contribution in [2.45, 2.75) is 45.3 Å². The number of rotatable bonds is 4. The zero-order valence-corrected chi connectivity index (χ0v) is 11.4. The summed E-state index contributed by atoms with van der Waals surface area (Å²) in [4.78, 5) is 0. The van der Waals surface area contributed by atoms with Gasteiger partial charge in [0.15, 0.2) is 5.84 Å². The van der Waals surface area contributed by atoms with Crippen LogP contribution in [0.4, 0.5) is 0 Å². The Balaban J connectivity index is 1.83. The van der Waals surface area contributed by atoms with E-state index < -0.39 is 0 Å². The summed E-state index contributed by atoms with van der Waals surface area (Å²) in [5.41, 5.74) is 7.36. The van der Waals surface area contributed by atoms with Crippen LogP contribution < -0.4 is 5.73 Å². The maximum Gasteiger partial charge on any atom is 0.170 e. The number of oxime groups is 1. The van der Waals surface area contributed by atoms with Crippen molar-refractivity contribution in [3.8, 4) is 0 Å². The SMILES string of the molecule is CC1CCC(OCc2ccc(/C(N)=N/O)cc2)CC1. The van der Waals surface area contributed by atoms with E-state index in [1.807, 2.05) is 24.3 Å². The Morgan fingerprint density at radius 2 is 1.89 bits per heavy atom. The first-order chi connectivity index (χ1) is 9.19. The molecular weight excluding hydrogens is 240 g/mol. The van der Waals surface area contributed by atoms with Crippen LogP contribution in [0.25, 0.3) is 0 Å². The molecule has 3 N–H and O–H groups in total. The van der Waals surface area contributed by atoms with E-state index in [4.69, 9.17) is 15.7 Å². The fourth-order valence-electron chi connectivity index (χ4n) is 2.44. The van der Waals surface area contributed by atoms with Gasteiger partial charge < -0.3 is 15.7 Å². The van der Waals surface area contributed by atoms with Crippen LogP contribution >= 0.6 is 0 Å². The number of ether oxygens (including phenoxy) is 1. The highest BCUT2D eigenvalue weighted by Gasteiger charge is 2.18. The number of hydrogen-bond acceptors (Lipinski definition) is 3. The Morgan fingerprint density at radius 3 is 2.47 bits per heavy atom. The lowest BCUT2D eigenvalue weighted by molar-refractivity contribution is 0.00877. The summed E-state index contributed by atoms with van der Waals surface area (Å²) in [5, 5.41) is 11.6. The quantitative estimate of drug-likeness (QED) is 0.379. The molecule has 104 valence electrons. The van der Waals surface area contributed by atoms with Gasteiger partial charge in [-0.3, -0.25) is 0 Å². The van der Waals surface area contributed by atoms with Gasteiger partial charge in [-0.05, 0) is 37.2 Å². The third kappa shape index (κ3) is 3.96. The molecule has 1 aromatic rings. The molecule has 1 fully saturated rings. The molecule has 0 unspecified atom stereocenters. The maximum atomic E-state index is 8.59. The average molecular weight is 262 g/mol. The molecule has 0 atom stereocenters. The van der Waals surface area contributed by atoms with Crippen LogP contribution in [0.15, 0.2) is 29.4 Å². The highest BCUT2D eigenvalue weighted by atomic mass is 16.5. The predicted molar refractivity (Wildman–Crippen MR) is 75.2 cm³/mol. The molecule has 0 aliphatic heterocycles. The predicted octanol–water partition coefficient (Wildman–Crippen LogP) is 2.88. The lowest BCUT2D eigenvalue weighted by Gasteiger charge is -2.26. The topological polar surface area (TPSA) is 67.8 Å². The molecule has 0 bridgehead atoms. The van der Waals surface area contributed by atoms with Crippen molar-refractivity contribution in [3.63, 3.8) is 0 Å². The monoisotopic (exact) mass is 262 g/mol. The molecule has 0 saturated heterocycles. The molecule has 1 saturated carbocycles. The molecule has 0 heterocycles. The van der Waals surface area contributed by atoms with E-state index in [1.165, 1.54) is 25.7 Å². The molecule has 0 radical (unpaired) electrons. The van der Waals surface area contributed by atoms with Gasteiger partial charge in [-0.25, -0.2) is 0 Å². The smallest absolute Gasteiger partial charge is 0.170 e. The third-order valence-corrected chi connectivity index (χ3v) is 3.81. The first-order valence-electron chi connectivity index (χ1n) is 6.87. The van der Waals surface area contributed by atoms with Crippen molar-refractivity contribution >= 4 is 5.84 Å². The van der Waals surface area contributed by atoms with Crippen LogP contribution in [0, 0.1) is 5.92 Å². The van der Waals surface area contributed by atoms with E-state index in [0.29, 0.717) is 12.7 Å². The minimum absolute atomic E-state index is 0.133. The van der Waals surface area contributed by atoms with E-state index >= 15 is 0 Å². The van der Waals surface area contributed by atoms with Crippen LogP contribution in [0.2, 0.25) is 0 Å². The molecule has 1 aromatic carbocycles. The summed E-state index contributed by atoms with van der Waals surface area (Å²) in [7, 11) is 0. The van der Waals surface area contributed by atoms with Crippen LogP contribution in [-0.2, 0) is 11.3 Å². The highest BCUT2D eigenvalue weighted by Crippen LogP contribution is 2.26. The third-order valence-electron chi connectivity index (χ3n) is 3.81. The standard InChI is InChI=1S/C15H22N2O2/c1-11-2-8-14(9-3-11)19-10-12-4-6-13(7-5-12)15(16)17-18/h4-7,11,14,18H,2-3,8-10H2,1H3,(H2,16,17). The fraction of sp³-hybridized carbons (Fsp3) is 0.533. The Bertz CT molecular complexity index is 420. The van der Waals surface area contributed by atoms with E-state index in [-0.39, 0.29) is 5.84 Å². The van der Waals surface area contributed by atoms with Gasteiger partial charge in [0.1, 0.15) is 0 Å². The maximum absolute atomic E-state index is 8.59. The van der Waals surface area contributed by atoms with Gasteiger partial charge in [0.05, 0.1) is 12.7 Å². The van der Waals surface area contributed by atoms with Gasteiger partial charge in [0.25, 0.3) is 0 Å². The van der Waals surface area contributed by atoms with Crippen molar-refractivity contribution < 1.29 is 9.94 Å². The van der Waals surface area contributed by atoms with Gasteiger partial charge in [-0.1, -0.05) is 36.3 Å². The van der Waals surface area contributed by atoms with Gasteiger partial charge >= 0.3 is 0 Å². The molecule has 1 aliphatic rings. The molecular formula is C15H22N2O2. The number of amidine groups is 1. The molecule has 0 amide bonds. The van der Waals surface area contributed by atoms with Crippen molar-refractivity contribution in [2.24, 2.45) is 16.8 Å². The summed E-state index contributed by atoms with van der Waals surface area (Å²) < 4.78 is 5.93. The second-order valence-corrected chi connectivity index (χ2v) is 5.38. The molecule has 0 aromatic heterocycles. The van der Waals surface area contributed by atoms with E-state index in [1.54, 1.807) is 0 Å². The Morgan fingerprint density at radius 1 is 1.26 bits per heavy atom. The normalized spacial score (nSPS) is 24.4. The summed E-state index contributed by atoms with van der Waals surface area (Å²) in [6.07, 6.45) is 5.28. The van der Waals surface area contributed by atoms with Crippen molar-refractivity contribution in [1.82, 2.24) is 0 Å². The van der Waals surface area contributed by atoms with Gasteiger partial charge in [-0.15, -0.1) is 0 Å². The minimum Gasteiger partial charge on any atom is -0.409 e.